The van der Waals surface area contributed by atoms with Gasteiger partial charge in [0.25, 0.3) is 5.91 Å². The second-order valence-electron chi connectivity index (χ2n) is 6.74. The van der Waals surface area contributed by atoms with Crippen LogP contribution in [0, 0.1) is 18.7 Å². The Balaban J connectivity index is 2.21. The first-order valence-electron chi connectivity index (χ1n) is 8.86. The summed E-state index contributed by atoms with van der Waals surface area (Å²) in [6.07, 6.45) is 0. The minimum Gasteiger partial charge on any atom is -0.497 e. The summed E-state index contributed by atoms with van der Waals surface area (Å²) in [6.45, 7) is 5.39. The number of aryl methyl sites for hydroxylation is 1. The maximum absolute atomic E-state index is 13.5. The molecule has 2 N–H and O–H groups in total. The summed E-state index contributed by atoms with van der Waals surface area (Å²) in [7, 11) is 2.98. The lowest BCUT2D eigenvalue weighted by atomic mass is 10.0. The number of hydrogen-bond acceptors (Lipinski definition) is 4. The highest BCUT2D eigenvalue weighted by molar-refractivity contribution is 6.01. The first kappa shape index (κ1) is 21.2. The third-order valence-corrected chi connectivity index (χ3v) is 4.31. The molecule has 0 aliphatic carbocycles. The van der Waals surface area contributed by atoms with Crippen LogP contribution in [0.5, 0.6) is 11.5 Å². The number of nitrogens with one attached hydrogen (secondary N) is 2. The smallest absolute Gasteiger partial charge is 0.252 e. The number of anilines is 1. The number of halogens is 1. The van der Waals surface area contributed by atoms with Crippen molar-refractivity contribution >= 4 is 17.5 Å². The van der Waals surface area contributed by atoms with E-state index in [-0.39, 0.29) is 5.92 Å². The Morgan fingerprint density at radius 1 is 1.00 bits per heavy atom. The maximum Gasteiger partial charge on any atom is 0.252 e. The molecule has 0 aromatic heterocycles. The van der Waals surface area contributed by atoms with Crippen LogP contribution in [0.1, 0.15) is 29.8 Å². The van der Waals surface area contributed by atoms with Gasteiger partial charge in [0.1, 0.15) is 23.4 Å². The third kappa shape index (κ3) is 5.22. The zero-order valence-corrected chi connectivity index (χ0v) is 16.6. The minimum absolute atomic E-state index is 0.190. The lowest BCUT2D eigenvalue weighted by molar-refractivity contribution is -0.118. The molecule has 0 aliphatic heterocycles. The highest BCUT2D eigenvalue weighted by Gasteiger charge is 2.25. The molecule has 0 heterocycles. The van der Waals surface area contributed by atoms with Gasteiger partial charge in [-0.2, -0.15) is 0 Å². The van der Waals surface area contributed by atoms with Gasteiger partial charge in [0.2, 0.25) is 5.91 Å². The average Bonchev–Trinajstić information content (AvgIpc) is 2.67. The van der Waals surface area contributed by atoms with Crippen LogP contribution in [0.4, 0.5) is 10.1 Å². The zero-order chi connectivity index (χ0) is 20.8. The number of carbonyl (C=O) groups excluding carboxylic acids is 2. The summed E-state index contributed by atoms with van der Waals surface area (Å²) in [5.41, 5.74) is 1.39. The van der Waals surface area contributed by atoms with Gasteiger partial charge in [0, 0.05) is 17.3 Å². The van der Waals surface area contributed by atoms with E-state index < -0.39 is 23.7 Å². The Bertz CT molecular complexity index is 845. The predicted molar refractivity (Wildman–Crippen MR) is 105 cm³/mol. The van der Waals surface area contributed by atoms with Crippen LogP contribution in [0.3, 0.4) is 0 Å². The van der Waals surface area contributed by atoms with Gasteiger partial charge >= 0.3 is 0 Å². The van der Waals surface area contributed by atoms with Gasteiger partial charge in [-0.15, -0.1) is 0 Å². The molecule has 2 rings (SSSR count). The topological polar surface area (TPSA) is 76.7 Å². The molecule has 7 heteroatoms. The average molecular weight is 388 g/mol. The van der Waals surface area contributed by atoms with Crippen molar-refractivity contribution in [2.24, 2.45) is 5.92 Å². The molecular formula is C21H25FN2O4. The van der Waals surface area contributed by atoms with E-state index >= 15 is 0 Å². The SMILES string of the molecule is COc1cc(OC)cc(C(=O)N[C@H](C(=O)Nc2cc(F)ccc2C)C(C)C)c1. The molecule has 0 saturated carbocycles. The van der Waals surface area contributed by atoms with Gasteiger partial charge in [0.15, 0.2) is 0 Å². The van der Waals surface area contributed by atoms with Gasteiger partial charge in [-0.25, -0.2) is 4.39 Å². The summed E-state index contributed by atoms with van der Waals surface area (Å²) >= 11 is 0. The molecule has 0 unspecified atom stereocenters. The van der Waals surface area contributed by atoms with Gasteiger partial charge < -0.3 is 20.1 Å². The molecule has 2 aromatic rings. The number of carbonyl (C=O) groups is 2. The van der Waals surface area contributed by atoms with Crippen LogP contribution in [0.2, 0.25) is 0 Å². The van der Waals surface area contributed by atoms with Gasteiger partial charge in [-0.1, -0.05) is 19.9 Å². The summed E-state index contributed by atoms with van der Waals surface area (Å²) in [5.74, 6) is -0.579. The maximum atomic E-state index is 13.5. The van der Waals surface area contributed by atoms with Crippen molar-refractivity contribution in [1.82, 2.24) is 5.32 Å². The van der Waals surface area contributed by atoms with E-state index in [1.165, 1.54) is 26.4 Å². The molecule has 2 aromatic carbocycles. The molecule has 2 amide bonds. The third-order valence-electron chi connectivity index (χ3n) is 4.31. The van der Waals surface area contributed by atoms with Crippen molar-refractivity contribution in [2.45, 2.75) is 26.8 Å². The van der Waals surface area contributed by atoms with Crippen molar-refractivity contribution < 1.29 is 23.5 Å². The Morgan fingerprint density at radius 3 is 2.14 bits per heavy atom. The van der Waals surface area contributed by atoms with E-state index in [1.807, 2.05) is 13.8 Å². The highest BCUT2D eigenvalue weighted by atomic mass is 19.1. The fourth-order valence-corrected chi connectivity index (χ4v) is 2.64. The number of hydrogen-bond donors (Lipinski definition) is 2. The monoisotopic (exact) mass is 388 g/mol. The number of rotatable bonds is 7. The summed E-state index contributed by atoms with van der Waals surface area (Å²) in [5, 5.41) is 5.42. The van der Waals surface area contributed by atoms with E-state index in [4.69, 9.17) is 9.47 Å². The quantitative estimate of drug-likeness (QED) is 0.761. The second kappa shape index (κ2) is 9.21. The molecular weight excluding hydrogens is 363 g/mol. The predicted octanol–water partition coefficient (Wildman–Crippen LogP) is 3.54. The lowest BCUT2D eigenvalue weighted by Crippen LogP contribution is -2.47. The highest BCUT2D eigenvalue weighted by Crippen LogP contribution is 2.23. The molecule has 0 fully saturated rings. The van der Waals surface area contributed by atoms with Crippen molar-refractivity contribution in [3.05, 3.63) is 53.3 Å². The summed E-state index contributed by atoms with van der Waals surface area (Å²) in [6, 6.07) is 8.11. The molecule has 0 aliphatic rings. The van der Waals surface area contributed by atoms with Gasteiger partial charge in [0.05, 0.1) is 14.2 Å². The van der Waals surface area contributed by atoms with Crippen molar-refractivity contribution in [3.63, 3.8) is 0 Å². The Kier molecular flexibility index (Phi) is 6.98. The molecule has 6 nitrogen and oxygen atoms in total. The summed E-state index contributed by atoms with van der Waals surface area (Å²) in [4.78, 5) is 25.4. The standard InChI is InChI=1S/C21H25FN2O4/c1-12(2)19(21(26)23-18-10-15(22)7-6-13(18)3)24-20(25)14-8-16(27-4)11-17(9-14)28-5/h6-12,19H,1-5H3,(H,23,26)(H,24,25)/t19-/m0/s1. The molecule has 0 radical (unpaired) electrons. The van der Waals surface area contributed by atoms with Gasteiger partial charge in [-0.05, 0) is 42.7 Å². The summed E-state index contributed by atoms with van der Waals surface area (Å²) < 4.78 is 23.8. The van der Waals surface area contributed by atoms with E-state index in [1.54, 1.807) is 31.2 Å². The normalized spacial score (nSPS) is 11.7. The molecule has 0 bridgehead atoms. The molecule has 1 atom stereocenters. The Labute approximate surface area is 164 Å². The van der Waals surface area contributed by atoms with E-state index in [2.05, 4.69) is 10.6 Å². The van der Waals surface area contributed by atoms with E-state index in [9.17, 15) is 14.0 Å². The van der Waals surface area contributed by atoms with Crippen LogP contribution < -0.4 is 20.1 Å². The molecule has 0 spiro atoms. The van der Waals surface area contributed by atoms with Crippen molar-refractivity contribution in [2.75, 3.05) is 19.5 Å². The first-order valence-corrected chi connectivity index (χ1v) is 8.86. The number of benzene rings is 2. The van der Waals surface area contributed by atoms with E-state index in [0.717, 1.165) is 5.56 Å². The molecule has 150 valence electrons. The fraction of sp³-hybridized carbons (Fsp3) is 0.333. The zero-order valence-electron chi connectivity index (χ0n) is 16.6. The second-order valence-corrected chi connectivity index (χ2v) is 6.74. The van der Waals surface area contributed by atoms with Crippen molar-refractivity contribution in [1.29, 1.82) is 0 Å². The van der Waals surface area contributed by atoms with Crippen LogP contribution in [0.15, 0.2) is 36.4 Å². The minimum atomic E-state index is -0.813. The Hall–Kier alpha value is -3.09. The van der Waals surface area contributed by atoms with Gasteiger partial charge in [-0.3, -0.25) is 9.59 Å². The Morgan fingerprint density at radius 2 is 1.61 bits per heavy atom. The number of methoxy groups -OCH3 is 2. The van der Waals surface area contributed by atoms with Crippen LogP contribution >= 0.6 is 0 Å². The molecule has 0 saturated heterocycles. The number of ether oxygens (including phenoxy) is 2. The van der Waals surface area contributed by atoms with Crippen LogP contribution in [-0.2, 0) is 4.79 Å². The fourth-order valence-electron chi connectivity index (χ4n) is 2.64. The first-order chi connectivity index (χ1) is 13.2. The largest absolute Gasteiger partial charge is 0.497 e. The van der Waals surface area contributed by atoms with Crippen LogP contribution in [0.25, 0.3) is 0 Å². The lowest BCUT2D eigenvalue weighted by Gasteiger charge is -2.22. The number of amides is 2. The van der Waals surface area contributed by atoms with Crippen molar-refractivity contribution in [3.8, 4) is 11.5 Å². The van der Waals surface area contributed by atoms with Crippen LogP contribution in [-0.4, -0.2) is 32.1 Å². The van der Waals surface area contributed by atoms with E-state index in [0.29, 0.717) is 22.7 Å². The molecule has 28 heavy (non-hydrogen) atoms.